The first kappa shape index (κ1) is 44.6. The van der Waals surface area contributed by atoms with Gasteiger partial charge < -0.3 is 13.7 Å². The molecule has 5 heterocycles. The fourth-order valence-electron chi connectivity index (χ4n) is 13.2. The van der Waals surface area contributed by atoms with Gasteiger partial charge in [0.15, 0.2) is 5.82 Å². The first-order valence-electron chi connectivity index (χ1n) is 27.6. The fourth-order valence-corrected chi connectivity index (χ4v) is 13.2. The van der Waals surface area contributed by atoms with Gasteiger partial charge in [-0.3, -0.25) is 4.57 Å². The summed E-state index contributed by atoms with van der Waals surface area (Å²) in [6.45, 7) is 0. The van der Waals surface area contributed by atoms with Gasteiger partial charge in [0.25, 0.3) is 0 Å². The summed E-state index contributed by atoms with van der Waals surface area (Å²) in [6, 6.07) is 90.6. The number of para-hydroxylation sites is 6. The van der Waals surface area contributed by atoms with Crippen LogP contribution in [0, 0.1) is 0 Å². The summed E-state index contributed by atoms with van der Waals surface area (Å²) in [4.78, 5) is 10.9. The lowest BCUT2D eigenvalue weighted by atomic mass is 10.0. The topological polar surface area (TPSA) is 45.5 Å². The maximum atomic E-state index is 5.58. The van der Waals surface area contributed by atoms with E-state index in [-0.39, 0.29) is 0 Å². The molecule has 0 spiro atoms. The molecule has 16 aromatic rings. The lowest BCUT2D eigenvalue weighted by molar-refractivity contribution is 1.02. The number of hydrogen-bond acceptors (Lipinski definition) is 2. The number of rotatable bonds is 7. The average Bonchev–Trinajstić information content (AvgIpc) is 4.42. The van der Waals surface area contributed by atoms with Gasteiger partial charge in [-0.2, -0.15) is 0 Å². The fraction of sp³-hybridized carbons (Fsp3) is 0.0270. The summed E-state index contributed by atoms with van der Waals surface area (Å²) >= 11 is 0. The molecule has 17 rings (SSSR count). The first-order chi connectivity index (χ1) is 39.7. The predicted molar refractivity (Wildman–Crippen MR) is 335 cm³/mol. The van der Waals surface area contributed by atoms with Crippen molar-refractivity contribution in [3.05, 3.63) is 267 Å². The van der Waals surface area contributed by atoms with E-state index in [1.54, 1.807) is 0 Å². The molecule has 0 bridgehead atoms. The Bertz CT molecular complexity index is 5310. The maximum Gasteiger partial charge on any atom is 0.162 e. The van der Waals surface area contributed by atoms with E-state index in [4.69, 9.17) is 9.97 Å². The van der Waals surface area contributed by atoms with Gasteiger partial charge in [-0.05, 0) is 150 Å². The van der Waals surface area contributed by atoms with Crippen LogP contribution in [0.5, 0.6) is 0 Å². The molecule has 0 aliphatic heterocycles. The van der Waals surface area contributed by atoms with E-state index >= 15 is 0 Å². The third-order valence-corrected chi connectivity index (χ3v) is 16.8. The number of nitrogens with zero attached hydrogens (tertiary/aromatic N) is 6. The van der Waals surface area contributed by atoms with E-state index in [0.29, 0.717) is 5.82 Å². The molecule has 0 saturated heterocycles. The second kappa shape index (κ2) is 17.5. The molecule has 0 atom stereocenters. The van der Waals surface area contributed by atoms with Crippen molar-refractivity contribution in [1.29, 1.82) is 0 Å². The van der Waals surface area contributed by atoms with E-state index in [1.165, 1.54) is 87.5 Å². The summed E-state index contributed by atoms with van der Waals surface area (Å²) < 4.78 is 9.53. The van der Waals surface area contributed by atoms with Gasteiger partial charge in [-0.1, -0.05) is 152 Å². The zero-order chi connectivity index (χ0) is 52.4. The minimum absolute atomic E-state index is 0.668. The Hall–Kier alpha value is -10.6. The van der Waals surface area contributed by atoms with E-state index < -0.39 is 0 Å². The van der Waals surface area contributed by atoms with Crippen molar-refractivity contribution < 1.29 is 0 Å². The summed E-state index contributed by atoms with van der Waals surface area (Å²) in [5.74, 6) is 1.52. The van der Waals surface area contributed by atoms with Gasteiger partial charge in [0, 0.05) is 71.1 Å². The normalized spacial score (nSPS) is 12.9. The Morgan fingerprint density at radius 3 is 1.24 bits per heavy atom. The van der Waals surface area contributed by atoms with E-state index in [9.17, 15) is 0 Å². The Balaban J connectivity index is 0.778. The highest BCUT2D eigenvalue weighted by molar-refractivity contribution is 6.15. The van der Waals surface area contributed by atoms with Crippen molar-refractivity contribution in [2.45, 2.75) is 12.8 Å². The van der Waals surface area contributed by atoms with Gasteiger partial charge in [-0.25, -0.2) is 9.97 Å². The number of allylic oxidation sites excluding steroid dienone is 4. The zero-order valence-electron chi connectivity index (χ0n) is 43.5. The molecule has 11 aromatic carbocycles. The molecule has 1 aliphatic carbocycles. The van der Waals surface area contributed by atoms with Gasteiger partial charge >= 0.3 is 0 Å². The number of benzene rings is 11. The SMILES string of the molecule is C1=CC(n2c3ccccc3c3cc(-c4ccc5c(c4)c4ccccc4n5-c4cccc(-c5nc(-n6c7ccccc7c7cc(-c8ccc9c(c8)c8ccccc8n9-c8ccccc8)ccc76)c6ccccc6n5)c4)ccc32)=CCC1. The summed E-state index contributed by atoms with van der Waals surface area (Å²) in [6.07, 6.45) is 9.07. The van der Waals surface area contributed by atoms with Crippen LogP contribution < -0.4 is 0 Å². The van der Waals surface area contributed by atoms with Crippen molar-refractivity contribution in [2.75, 3.05) is 0 Å². The monoisotopic (exact) mass is 1020 g/mol. The van der Waals surface area contributed by atoms with Crippen LogP contribution in [0.15, 0.2) is 267 Å². The molecule has 0 saturated carbocycles. The summed E-state index contributed by atoms with van der Waals surface area (Å²) in [5.41, 5.74) is 19.3. The lowest BCUT2D eigenvalue weighted by Crippen LogP contribution is -2.03. The molecule has 0 amide bonds. The molecule has 0 fully saturated rings. The van der Waals surface area contributed by atoms with E-state index in [1.807, 2.05) is 0 Å². The molecule has 374 valence electrons. The molecule has 0 N–H and O–H groups in total. The molecular formula is C74H48N6. The molecule has 0 radical (unpaired) electrons. The van der Waals surface area contributed by atoms with Crippen LogP contribution in [0.4, 0.5) is 0 Å². The number of hydrogen-bond donors (Lipinski definition) is 0. The standard InChI is InChI=1S/C74H48N6/c1-3-19-52(20-4-1)77-65-30-13-8-24-55(65)60-43-47(34-38-69(60)77)49-36-40-71-62(45-49)57-26-10-15-32-67(57)79(71)54-23-17-18-51(42-54)73-75-64-29-12-7-28-59(64)74(76-73)80-68-33-16-11-27-58(68)63-46-50(37-41-72(63)80)48-35-39-70-61(44-48)56-25-9-14-31-66(56)78(70)53-21-5-2-6-22-53/h2-3,5-46H,1,4H2. The third-order valence-electron chi connectivity index (χ3n) is 16.8. The molecule has 6 heteroatoms. The molecule has 6 nitrogen and oxygen atoms in total. The Morgan fingerprint density at radius 2 is 0.700 bits per heavy atom. The van der Waals surface area contributed by atoms with Crippen LogP contribution in [0.3, 0.4) is 0 Å². The Kier molecular flexibility index (Phi) is 9.74. The van der Waals surface area contributed by atoms with Crippen molar-refractivity contribution >= 4 is 104 Å². The summed E-state index contributed by atoms with van der Waals surface area (Å²) in [7, 11) is 0. The van der Waals surface area contributed by atoms with Crippen molar-refractivity contribution in [2.24, 2.45) is 0 Å². The van der Waals surface area contributed by atoms with Gasteiger partial charge in [0.05, 0.1) is 49.7 Å². The second-order valence-corrected chi connectivity index (χ2v) is 21.2. The maximum absolute atomic E-state index is 5.58. The average molecular weight is 1020 g/mol. The second-order valence-electron chi connectivity index (χ2n) is 21.2. The lowest BCUT2D eigenvalue weighted by Gasteiger charge is -2.14. The van der Waals surface area contributed by atoms with Crippen molar-refractivity contribution in [3.63, 3.8) is 0 Å². The highest BCUT2D eigenvalue weighted by Gasteiger charge is 2.22. The third kappa shape index (κ3) is 6.72. The van der Waals surface area contributed by atoms with Crippen LogP contribution >= 0.6 is 0 Å². The van der Waals surface area contributed by atoms with Crippen molar-refractivity contribution in [1.82, 2.24) is 28.2 Å². The Labute approximate surface area is 460 Å². The number of fused-ring (bicyclic) bond motifs is 13. The molecule has 1 aliphatic rings. The zero-order valence-corrected chi connectivity index (χ0v) is 43.5. The van der Waals surface area contributed by atoms with Gasteiger partial charge in [0.1, 0.15) is 5.82 Å². The van der Waals surface area contributed by atoms with Gasteiger partial charge in [-0.15, -0.1) is 0 Å². The van der Waals surface area contributed by atoms with Crippen LogP contribution in [-0.2, 0) is 0 Å². The van der Waals surface area contributed by atoms with Crippen LogP contribution in [0.25, 0.3) is 155 Å². The van der Waals surface area contributed by atoms with E-state index in [2.05, 4.69) is 285 Å². The largest absolute Gasteiger partial charge is 0.310 e. The van der Waals surface area contributed by atoms with Crippen molar-refractivity contribution in [3.8, 4) is 50.8 Å². The molecule has 80 heavy (non-hydrogen) atoms. The molecular weight excluding hydrogens is 973 g/mol. The van der Waals surface area contributed by atoms with Crippen LogP contribution in [0.2, 0.25) is 0 Å². The number of aromatic nitrogens is 6. The minimum atomic E-state index is 0.668. The summed E-state index contributed by atoms with van der Waals surface area (Å²) in [5, 5.41) is 10.7. The first-order valence-corrected chi connectivity index (χ1v) is 27.6. The molecule has 5 aromatic heterocycles. The highest BCUT2D eigenvalue weighted by atomic mass is 15.1. The highest BCUT2D eigenvalue weighted by Crippen LogP contribution is 2.42. The van der Waals surface area contributed by atoms with Crippen LogP contribution in [-0.4, -0.2) is 28.2 Å². The smallest absolute Gasteiger partial charge is 0.162 e. The molecule has 0 unspecified atom stereocenters. The minimum Gasteiger partial charge on any atom is -0.310 e. The van der Waals surface area contributed by atoms with Gasteiger partial charge in [0.2, 0.25) is 0 Å². The quantitative estimate of drug-likeness (QED) is 0.160. The predicted octanol–water partition coefficient (Wildman–Crippen LogP) is 19.2. The van der Waals surface area contributed by atoms with Crippen LogP contribution in [0.1, 0.15) is 12.8 Å². The van der Waals surface area contributed by atoms with E-state index in [0.717, 1.165) is 74.1 Å². The Morgan fingerprint density at radius 1 is 0.275 bits per heavy atom.